The number of thiazole rings is 1. The van der Waals surface area contributed by atoms with Gasteiger partial charge in [-0.25, -0.2) is 4.98 Å². The van der Waals surface area contributed by atoms with Crippen LogP contribution in [0.3, 0.4) is 0 Å². The molecule has 0 aliphatic rings. The molecule has 0 atom stereocenters. The highest BCUT2D eigenvalue weighted by Crippen LogP contribution is 2.37. The quantitative estimate of drug-likeness (QED) is 0.246. The Labute approximate surface area is 195 Å². The third kappa shape index (κ3) is 2.95. The van der Waals surface area contributed by atoms with Crippen LogP contribution in [0, 0.1) is 0 Å². The topological polar surface area (TPSA) is 12.9 Å². The van der Waals surface area contributed by atoms with Gasteiger partial charge in [-0.05, 0) is 78.8 Å². The molecule has 6 aromatic carbocycles. The lowest BCUT2D eigenvalue weighted by molar-refractivity contribution is 1.50. The monoisotopic (exact) mass is 437 g/mol. The highest BCUT2D eigenvalue weighted by molar-refractivity contribution is 7.16. The van der Waals surface area contributed by atoms with E-state index >= 15 is 0 Å². The summed E-state index contributed by atoms with van der Waals surface area (Å²) in [5.41, 5.74) is 7.90. The Bertz CT molecular complexity index is 1790. The molecule has 0 aliphatic heterocycles. The second kappa shape index (κ2) is 7.26. The molecular formula is C31H19NS. The summed E-state index contributed by atoms with van der Waals surface area (Å²) in [6.07, 6.45) is 0. The summed E-state index contributed by atoms with van der Waals surface area (Å²) in [7, 11) is 0. The molecule has 0 unspecified atom stereocenters. The summed E-state index contributed by atoms with van der Waals surface area (Å²) >= 11 is 1.69. The maximum Gasteiger partial charge on any atom is 0.0812 e. The smallest absolute Gasteiger partial charge is 0.0812 e. The first-order valence-corrected chi connectivity index (χ1v) is 12.0. The van der Waals surface area contributed by atoms with E-state index < -0.39 is 0 Å². The highest BCUT2D eigenvalue weighted by Gasteiger charge is 2.10. The van der Waals surface area contributed by atoms with Gasteiger partial charge < -0.3 is 0 Å². The third-order valence-corrected chi connectivity index (χ3v) is 7.40. The fraction of sp³-hybridized carbons (Fsp3) is 0. The average molecular weight is 438 g/mol. The van der Waals surface area contributed by atoms with Crippen molar-refractivity contribution >= 4 is 53.9 Å². The fourth-order valence-corrected chi connectivity index (χ4v) is 5.72. The molecule has 0 fully saturated rings. The van der Waals surface area contributed by atoms with Crippen LogP contribution >= 0.6 is 11.3 Å². The van der Waals surface area contributed by atoms with Crippen LogP contribution in [0.2, 0.25) is 0 Å². The Morgan fingerprint density at radius 3 is 1.67 bits per heavy atom. The maximum atomic E-state index is 4.41. The molecule has 0 saturated carbocycles. The molecular weight excluding hydrogens is 418 g/mol. The van der Waals surface area contributed by atoms with Crippen molar-refractivity contribution in [3.05, 3.63) is 115 Å². The van der Waals surface area contributed by atoms with Crippen molar-refractivity contribution in [1.29, 1.82) is 0 Å². The van der Waals surface area contributed by atoms with Crippen LogP contribution < -0.4 is 0 Å². The van der Waals surface area contributed by atoms with Gasteiger partial charge in [-0.3, -0.25) is 0 Å². The predicted molar refractivity (Wildman–Crippen MR) is 143 cm³/mol. The number of hydrogen-bond donors (Lipinski definition) is 0. The van der Waals surface area contributed by atoms with Gasteiger partial charge in [0.1, 0.15) is 0 Å². The highest BCUT2D eigenvalue weighted by atomic mass is 32.1. The summed E-state index contributed by atoms with van der Waals surface area (Å²) in [5.74, 6) is 0. The van der Waals surface area contributed by atoms with E-state index in [1.54, 1.807) is 11.3 Å². The minimum Gasteiger partial charge on any atom is -0.245 e. The van der Waals surface area contributed by atoms with Gasteiger partial charge in [0.15, 0.2) is 0 Å². The standard InChI is InChI=1S/C31H19NS/c1-2-10-26-24(8-1)25-9-3-4-11-27(25)29-17-22(12-14-28(26)29)20-6-5-7-21(16-20)23-13-15-30-31(18-23)33-19-32-30/h1-19H. The minimum atomic E-state index is 1.06. The van der Waals surface area contributed by atoms with E-state index in [1.807, 2.05) is 5.51 Å². The molecule has 7 rings (SSSR count). The predicted octanol–water partition coefficient (Wildman–Crippen LogP) is 9.09. The van der Waals surface area contributed by atoms with E-state index in [0.29, 0.717) is 0 Å². The zero-order chi connectivity index (χ0) is 21.8. The summed E-state index contributed by atoms with van der Waals surface area (Å²) in [6.45, 7) is 0. The number of fused-ring (bicyclic) bond motifs is 7. The van der Waals surface area contributed by atoms with Gasteiger partial charge in [0.25, 0.3) is 0 Å². The molecule has 2 heteroatoms. The van der Waals surface area contributed by atoms with E-state index in [1.165, 1.54) is 59.3 Å². The van der Waals surface area contributed by atoms with Gasteiger partial charge >= 0.3 is 0 Å². The Kier molecular flexibility index (Phi) is 4.08. The van der Waals surface area contributed by atoms with Crippen LogP contribution in [0.4, 0.5) is 0 Å². The van der Waals surface area contributed by atoms with Gasteiger partial charge in [-0.2, -0.15) is 0 Å². The van der Waals surface area contributed by atoms with Crippen LogP contribution in [0.15, 0.2) is 115 Å². The minimum absolute atomic E-state index is 1.06. The second-order valence-electron chi connectivity index (χ2n) is 8.47. The van der Waals surface area contributed by atoms with E-state index in [4.69, 9.17) is 0 Å². The molecule has 0 spiro atoms. The summed E-state index contributed by atoms with van der Waals surface area (Å²) < 4.78 is 1.22. The lowest BCUT2D eigenvalue weighted by Crippen LogP contribution is -1.85. The lowest BCUT2D eigenvalue weighted by Gasteiger charge is -2.12. The number of hydrogen-bond acceptors (Lipinski definition) is 2. The van der Waals surface area contributed by atoms with Crippen molar-refractivity contribution in [2.45, 2.75) is 0 Å². The van der Waals surface area contributed by atoms with Gasteiger partial charge in [-0.1, -0.05) is 84.9 Å². The van der Waals surface area contributed by atoms with Crippen molar-refractivity contribution < 1.29 is 0 Å². The van der Waals surface area contributed by atoms with Crippen LogP contribution in [-0.4, -0.2) is 4.98 Å². The molecule has 1 heterocycles. The summed E-state index contributed by atoms with van der Waals surface area (Å²) in [6, 6.07) is 39.8. The molecule has 1 aromatic heterocycles. The number of rotatable bonds is 2. The molecule has 0 radical (unpaired) electrons. The molecule has 0 amide bonds. The molecule has 0 bridgehead atoms. The van der Waals surface area contributed by atoms with Crippen molar-refractivity contribution in [3.63, 3.8) is 0 Å². The molecule has 0 aliphatic carbocycles. The Morgan fingerprint density at radius 1 is 0.424 bits per heavy atom. The first-order chi connectivity index (χ1) is 16.3. The fourth-order valence-electron chi connectivity index (χ4n) is 5.00. The number of benzene rings is 6. The lowest BCUT2D eigenvalue weighted by atomic mass is 9.91. The Balaban J connectivity index is 1.44. The van der Waals surface area contributed by atoms with E-state index in [0.717, 1.165) is 5.52 Å². The first-order valence-electron chi connectivity index (χ1n) is 11.1. The average Bonchev–Trinajstić information content (AvgIpc) is 3.37. The van der Waals surface area contributed by atoms with Gasteiger partial charge in [-0.15, -0.1) is 11.3 Å². The molecule has 0 N–H and O–H groups in total. The number of aromatic nitrogens is 1. The summed E-state index contributed by atoms with van der Waals surface area (Å²) in [4.78, 5) is 4.41. The zero-order valence-electron chi connectivity index (χ0n) is 17.8. The molecule has 0 saturated heterocycles. The molecule has 154 valence electrons. The normalized spacial score (nSPS) is 11.6. The van der Waals surface area contributed by atoms with Crippen LogP contribution in [-0.2, 0) is 0 Å². The van der Waals surface area contributed by atoms with Gasteiger partial charge in [0, 0.05) is 0 Å². The molecule has 1 nitrogen and oxygen atoms in total. The number of nitrogens with zero attached hydrogens (tertiary/aromatic N) is 1. The maximum absolute atomic E-state index is 4.41. The van der Waals surface area contributed by atoms with Crippen molar-refractivity contribution in [3.8, 4) is 22.3 Å². The molecule has 33 heavy (non-hydrogen) atoms. The Hall–Kier alpha value is -4.01. The molecule has 7 aromatic rings. The van der Waals surface area contributed by atoms with E-state index in [-0.39, 0.29) is 0 Å². The zero-order valence-corrected chi connectivity index (χ0v) is 18.6. The third-order valence-electron chi connectivity index (χ3n) is 6.60. The SMILES string of the molecule is c1cc(-c2ccc3ncsc3c2)cc(-c2ccc3c4ccccc4c4ccccc4c3c2)c1. The van der Waals surface area contributed by atoms with Gasteiger partial charge in [0.05, 0.1) is 15.7 Å². The summed E-state index contributed by atoms with van der Waals surface area (Å²) in [5, 5.41) is 7.85. The largest absolute Gasteiger partial charge is 0.245 e. The van der Waals surface area contributed by atoms with E-state index in [2.05, 4.69) is 114 Å². The first kappa shape index (κ1) is 18.6. The van der Waals surface area contributed by atoms with Crippen molar-refractivity contribution in [2.75, 3.05) is 0 Å². The van der Waals surface area contributed by atoms with Crippen LogP contribution in [0.1, 0.15) is 0 Å². The van der Waals surface area contributed by atoms with Crippen molar-refractivity contribution in [2.24, 2.45) is 0 Å². The van der Waals surface area contributed by atoms with Gasteiger partial charge in [0.2, 0.25) is 0 Å². The van der Waals surface area contributed by atoms with Crippen molar-refractivity contribution in [1.82, 2.24) is 4.98 Å². The van der Waals surface area contributed by atoms with E-state index in [9.17, 15) is 0 Å². The second-order valence-corrected chi connectivity index (χ2v) is 9.35. The Morgan fingerprint density at radius 2 is 0.970 bits per heavy atom. The van der Waals surface area contributed by atoms with Crippen LogP contribution in [0.25, 0.3) is 64.8 Å². The van der Waals surface area contributed by atoms with Crippen LogP contribution in [0.5, 0.6) is 0 Å².